The first kappa shape index (κ1) is 25.5. The minimum absolute atomic E-state index is 0.0381. The highest BCUT2D eigenvalue weighted by molar-refractivity contribution is 6.01. The van der Waals surface area contributed by atoms with Gasteiger partial charge in [0.15, 0.2) is 18.0 Å². The summed E-state index contributed by atoms with van der Waals surface area (Å²) in [6.07, 6.45) is 6.75. The first-order chi connectivity index (χ1) is 16.4. The van der Waals surface area contributed by atoms with Crippen LogP contribution in [-0.2, 0) is 28.7 Å². The number of aliphatic hydroxyl groups excluding tert-OH is 1. The molecule has 4 rings (SSSR count). The maximum absolute atomic E-state index is 13.8. The minimum Gasteiger partial charge on any atom is -0.457 e. The van der Waals surface area contributed by atoms with Crippen molar-refractivity contribution in [2.75, 3.05) is 6.61 Å². The lowest BCUT2D eigenvalue weighted by Crippen LogP contribution is -2.61. The van der Waals surface area contributed by atoms with Crippen molar-refractivity contribution in [2.24, 2.45) is 22.7 Å². The molecule has 0 spiro atoms. The lowest BCUT2D eigenvalue weighted by atomic mass is 9.52. The second-order valence-corrected chi connectivity index (χ2v) is 10.9. The van der Waals surface area contributed by atoms with E-state index in [1.807, 2.05) is 26.8 Å². The van der Waals surface area contributed by atoms with Crippen molar-refractivity contribution < 1.29 is 33.8 Å². The summed E-state index contributed by atoms with van der Waals surface area (Å²) in [4.78, 5) is 50.3. The lowest BCUT2D eigenvalue weighted by Gasteiger charge is -2.54. The largest absolute Gasteiger partial charge is 0.457 e. The molecule has 0 aromatic carbocycles. The van der Waals surface area contributed by atoms with Crippen molar-refractivity contribution in [3.05, 3.63) is 34.9 Å². The molecule has 1 N–H and O–H groups in total. The summed E-state index contributed by atoms with van der Waals surface area (Å²) in [6.45, 7) is 8.76. The number of esters is 2. The molecule has 4 aliphatic carbocycles. The third kappa shape index (κ3) is 3.65. The molecule has 0 radical (unpaired) electrons. The first-order valence-electron chi connectivity index (χ1n) is 12.7. The molecular weight excluding hydrogens is 448 g/mol. The van der Waals surface area contributed by atoms with Gasteiger partial charge in [-0.15, -0.1) is 0 Å². The Hall–Kier alpha value is -2.54. The number of carbonyl (C=O) groups excluding carboxylic acids is 4. The Morgan fingerprint density at radius 1 is 1.11 bits per heavy atom. The van der Waals surface area contributed by atoms with Crippen LogP contribution in [0, 0.1) is 22.7 Å². The van der Waals surface area contributed by atoms with Gasteiger partial charge in [-0.1, -0.05) is 44.9 Å². The Bertz CT molecular complexity index is 1070. The summed E-state index contributed by atoms with van der Waals surface area (Å²) in [5.41, 5.74) is 0.103. The van der Waals surface area contributed by atoms with Gasteiger partial charge < -0.3 is 14.6 Å². The highest BCUT2D eigenvalue weighted by atomic mass is 16.6. The molecule has 1 saturated carbocycles. The summed E-state index contributed by atoms with van der Waals surface area (Å²) in [5, 5.41) is 11.6. The molecule has 1 unspecified atom stereocenters. The Morgan fingerprint density at radius 2 is 1.80 bits per heavy atom. The van der Waals surface area contributed by atoms with Crippen LogP contribution in [0.2, 0.25) is 0 Å². The summed E-state index contributed by atoms with van der Waals surface area (Å²) in [5.74, 6) is -1.86. The van der Waals surface area contributed by atoms with Gasteiger partial charge in [0.25, 0.3) is 0 Å². The van der Waals surface area contributed by atoms with E-state index < -0.39 is 46.9 Å². The molecule has 0 amide bonds. The van der Waals surface area contributed by atoms with E-state index >= 15 is 0 Å². The fourth-order valence-corrected chi connectivity index (χ4v) is 7.38. The second kappa shape index (κ2) is 8.84. The number of aliphatic hydroxyl groups is 1. The zero-order chi connectivity index (χ0) is 25.8. The number of allylic oxidation sites excluding steroid dienone is 5. The molecule has 0 aromatic rings. The van der Waals surface area contributed by atoms with E-state index in [1.165, 1.54) is 0 Å². The standard InChI is InChI=1S/C28H36O7/c1-6-23(32)34-15-22(31)28(35-24(33)7-2)16(3)12-20-19-9-8-17-13-18(29)10-11-26(17,4)25(19)21(30)14-27(20,28)5/h10-11,13,16,20-21,30H,6-9,12,14-15H2,1-5H3/t16-,20?,21-,26-,27-,28-/m0/s1. The second-order valence-electron chi connectivity index (χ2n) is 10.9. The van der Waals surface area contributed by atoms with Gasteiger partial charge in [0.1, 0.15) is 0 Å². The SMILES string of the molecule is CCC(=O)OCC(=O)[C@@]1(OC(=O)CC)[C@@H](C)CC2C3=C([C@@H](O)C[C@@]21C)[C@@]1(C)C=CC(=O)C=C1CC3. The number of fused-ring (bicyclic) bond motifs is 4. The molecule has 4 aliphatic rings. The van der Waals surface area contributed by atoms with Crippen LogP contribution in [0.5, 0.6) is 0 Å². The van der Waals surface area contributed by atoms with Gasteiger partial charge in [-0.3, -0.25) is 19.2 Å². The Balaban J connectivity index is 1.82. The van der Waals surface area contributed by atoms with Gasteiger partial charge in [-0.05, 0) is 56.3 Å². The fourth-order valence-electron chi connectivity index (χ4n) is 7.38. The maximum Gasteiger partial charge on any atom is 0.306 e. The van der Waals surface area contributed by atoms with Gasteiger partial charge in [0, 0.05) is 29.6 Å². The third-order valence-electron chi connectivity index (χ3n) is 9.04. The molecule has 1 fully saturated rings. The highest BCUT2D eigenvalue weighted by Gasteiger charge is 2.70. The van der Waals surface area contributed by atoms with Crippen molar-refractivity contribution in [3.63, 3.8) is 0 Å². The highest BCUT2D eigenvalue weighted by Crippen LogP contribution is 2.67. The van der Waals surface area contributed by atoms with Crippen molar-refractivity contribution in [1.82, 2.24) is 0 Å². The summed E-state index contributed by atoms with van der Waals surface area (Å²) in [6, 6.07) is 0. The molecule has 0 bridgehead atoms. The number of rotatable bonds is 6. The van der Waals surface area contributed by atoms with Crippen molar-refractivity contribution in [3.8, 4) is 0 Å². The monoisotopic (exact) mass is 484 g/mol. The van der Waals surface area contributed by atoms with Crippen LogP contribution in [-0.4, -0.2) is 46.9 Å². The maximum atomic E-state index is 13.8. The van der Waals surface area contributed by atoms with E-state index in [1.54, 1.807) is 26.0 Å². The summed E-state index contributed by atoms with van der Waals surface area (Å²) in [7, 11) is 0. The number of hydrogen-bond acceptors (Lipinski definition) is 7. The summed E-state index contributed by atoms with van der Waals surface area (Å²) < 4.78 is 11.3. The number of ketones is 2. The zero-order valence-corrected chi connectivity index (χ0v) is 21.3. The van der Waals surface area contributed by atoms with E-state index in [2.05, 4.69) is 0 Å². The van der Waals surface area contributed by atoms with E-state index in [4.69, 9.17) is 9.47 Å². The van der Waals surface area contributed by atoms with E-state index in [0.717, 1.165) is 16.7 Å². The Labute approximate surface area is 206 Å². The molecule has 7 nitrogen and oxygen atoms in total. The van der Waals surface area contributed by atoms with Crippen LogP contribution >= 0.6 is 0 Å². The zero-order valence-electron chi connectivity index (χ0n) is 21.3. The molecule has 190 valence electrons. The molecule has 0 aromatic heterocycles. The minimum atomic E-state index is -1.51. The average molecular weight is 485 g/mol. The molecule has 0 heterocycles. The molecule has 7 heteroatoms. The van der Waals surface area contributed by atoms with E-state index in [0.29, 0.717) is 19.3 Å². The van der Waals surface area contributed by atoms with Crippen LogP contribution in [0.1, 0.15) is 73.1 Å². The van der Waals surface area contributed by atoms with Gasteiger partial charge in [-0.2, -0.15) is 0 Å². The smallest absolute Gasteiger partial charge is 0.306 e. The van der Waals surface area contributed by atoms with Crippen LogP contribution in [0.4, 0.5) is 0 Å². The summed E-state index contributed by atoms with van der Waals surface area (Å²) >= 11 is 0. The van der Waals surface area contributed by atoms with Crippen molar-refractivity contribution in [1.29, 1.82) is 0 Å². The van der Waals surface area contributed by atoms with Gasteiger partial charge in [0.2, 0.25) is 5.78 Å². The molecule has 6 atom stereocenters. The molecule has 0 saturated heterocycles. The van der Waals surface area contributed by atoms with Crippen molar-refractivity contribution >= 4 is 23.5 Å². The van der Waals surface area contributed by atoms with Crippen LogP contribution < -0.4 is 0 Å². The van der Waals surface area contributed by atoms with Crippen LogP contribution in [0.25, 0.3) is 0 Å². The topological polar surface area (TPSA) is 107 Å². The first-order valence-corrected chi connectivity index (χ1v) is 12.7. The number of carbonyl (C=O) groups is 4. The Kier molecular flexibility index (Phi) is 6.45. The number of Topliss-reactive ketones (excluding diaryl/α,β-unsaturated/α-hetero) is 1. The predicted molar refractivity (Wildman–Crippen MR) is 128 cm³/mol. The molecule has 0 aliphatic heterocycles. The van der Waals surface area contributed by atoms with E-state index in [9.17, 15) is 24.3 Å². The number of ether oxygens (including phenoxy) is 2. The molecule has 35 heavy (non-hydrogen) atoms. The average Bonchev–Trinajstić information content (AvgIpc) is 3.04. The van der Waals surface area contributed by atoms with Crippen LogP contribution in [0.3, 0.4) is 0 Å². The predicted octanol–water partition coefficient (Wildman–Crippen LogP) is 3.79. The van der Waals surface area contributed by atoms with Crippen molar-refractivity contribution in [2.45, 2.75) is 84.8 Å². The van der Waals surface area contributed by atoms with Gasteiger partial charge in [0.05, 0.1) is 6.10 Å². The molecular formula is C28H36O7. The normalized spacial score (nSPS) is 37.7. The van der Waals surface area contributed by atoms with Crippen LogP contribution in [0.15, 0.2) is 34.9 Å². The van der Waals surface area contributed by atoms with E-state index in [-0.39, 0.29) is 36.9 Å². The number of hydrogen-bond donors (Lipinski definition) is 1. The van der Waals surface area contributed by atoms with Gasteiger partial charge >= 0.3 is 11.9 Å². The quantitative estimate of drug-likeness (QED) is 0.451. The lowest BCUT2D eigenvalue weighted by molar-refractivity contribution is -0.193. The third-order valence-corrected chi connectivity index (χ3v) is 9.04. The van der Waals surface area contributed by atoms with Gasteiger partial charge in [-0.25, -0.2) is 0 Å². The Morgan fingerprint density at radius 3 is 2.46 bits per heavy atom. The fraction of sp³-hybridized carbons (Fsp3) is 0.643.